The van der Waals surface area contributed by atoms with Crippen LogP contribution in [0.1, 0.15) is 42.9 Å². The lowest BCUT2D eigenvalue weighted by molar-refractivity contribution is -0.116. The molecule has 2 atom stereocenters. The van der Waals surface area contributed by atoms with Crippen molar-refractivity contribution in [3.8, 4) is 5.75 Å². The summed E-state index contributed by atoms with van der Waals surface area (Å²) in [5.41, 5.74) is 10.2. The molecule has 2 unspecified atom stereocenters. The largest absolute Gasteiger partial charge is 0.497 e. The van der Waals surface area contributed by atoms with Gasteiger partial charge in [0.15, 0.2) is 0 Å². The van der Waals surface area contributed by atoms with Gasteiger partial charge in [-0.15, -0.1) is 0 Å². The Morgan fingerprint density at radius 3 is 2.66 bits per heavy atom. The molecule has 3 N–H and O–H groups in total. The zero-order chi connectivity index (χ0) is 22.3. The molecular formula is C26H36N4O2. The van der Waals surface area contributed by atoms with Crippen LogP contribution in [-0.4, -0.2) is 44.1 Å². The van der Waals surface area contributed by atoms with Crippen molar-refractivity contribution >= 4 is 11.6 Å². The van der Waals surface area contributed by atoms with Gasteiger partial charge in [-0.25, -0.2) is 5.43 Å². The number of likely N-dealkylation sites (tertiary alicyclic amines) is 1. The number of amides is 1. The number of hydrogen-bond acceptors (Lipinski definition) is 5. The number of hydrogen-bond donors (Lipinski definition) is 3. The smallest absolute Gasteiger partial charge is 0.224 e. The summed E-state index contributed by atoms with van der Waals surface area (Å²) in [4.78, 5) is 14.9. The van der Waals surface area contributed by atoms with Crippen LogP contribution in [0.2, 0.25) is 0 Å². The SMILES string of the molecule is COc1ccc(C2NNCC2CN2CCC(CCC(=O)Nc3cccc(C)c3)CC2)cc1. The van der Waals surface area contributed by atoms with Crippen molar-refractivity contribution in [1.29, 1.82) is 0 Å². The summed E-state index contributed by atoms with van der Waals surface area (Å²) < 4.78 is 5.29. The Hall–Kier alpha value is -2.41. The Balaban J connectivity index is 1.19. The standard InChI is InChI=1S/C26H36N4O2/c1-19-4-3-5-23(16-19)28-25(31)11-6-20-12-14-30(15-13-20)18-22-17-27-29-26(22)21-7-9-24(32-2)10-8-21/h3-5,7-10,16,20,22,26-27,29H,6,11-15,17-18H2,1-2H3,(H,28,31). The molecule has 2 aromatic carbocycles. The first-order valence-electron chi connectivity index (χ1n) is 11.8. The van der Waals surface area contributed by atoms with E-state index in [0.717, 1.165) is 49.6 Å². The van der Waals surface area contributed by atoms with Crippen molar-refractivity contribution in [2.75, 3.05) is 38.6 Å². The molecule has 1 amide bonds. The molecule has 0 spiro atoms. The van der Waals surface area contributed by atoms with E-state index in [2.05, 4.69) is 33.2 Å². The Kier molecular flexibility index (Phi) is 7.79. The van der Waals surface area contributed by atoms with Crippen molar-refractivity contribution in [2.24, 2.45) is 11.8 Å². The average Bonchev–Trinajstić information content (AvgIpc) is 3.27. The van der Waals surface area contributed by atoms with Crippen LogP contribution in [-0.2, 0) is 4.79 Å². The monoisotopic (exact) mass is 436 g/mol. The summed E-state index contributed by atoms with van der Waals surface area (Å²) in [6, 6.07) is 16.7. The lowest BCUT2D eigenvalue weighted by atomic mass is 9.90. The van der Waals surface area contributed by atoms with Crippen molar-refractivity contribution in [2.45, 2.75) is 38.6 Å². The second-order valence-electron chi connectivity index (χ2n) is 9.24. The Labute approximate surface area is 191 Å². The molecule has 2 aliphatic rings. The molecule has 2 aliphatic heterocycles. The molecule has 172 valence electrons. The first kappa shape index (κ1) is 22.8. The van der Waals surface area contributed by atoms with Crippen LogP contribution in [0.25, 0.3) is 0 Å². The molecule has 6 heteroatoms. The van der Waals surface area contributed by atoms with Gasteiger partial charge in [0.05, 0.1) is 13.2 Å². The van der Waals surface area contributed by atoms with Gasteiger partial charge in [0.2, 0.25) is 5.91 Å². The van der Waals surface area contributed by atoms with Crippen LogP contribution >= 0.6 is 0 Å². The fraction of sp³-hybridized carbons (Fsp3) is 0.500. The normalized spacial score (nSPS) is 22.1. The minimum absolute atomic E-state index is 0.128. The fourth-order valence-corrected chi connectivity index (χ4v) is 4.94. The van der Waals surface area contributed by atoms with Gasteiger partial charge in [-0.1, -0.05) is 24.3 Å². The maximum Gasteiger partial charge on any atom is 0.224 e. The van der Waals surface area contributed by atoms with Crippen LogP contribution in [0, 0.1) is 18.8 Å². The predicted octanol–water partition coefficient (Wildman–Crippen LogP) is 3.90. The minimum Gasteiger partial charge on any atom is -0.497 e. The number of carbonyl (C=O) groups excluding carboxylic acids is 1. The number of methoxy groups -OCH3 is 1. The molecule has 0 radical (unpaired) electrons. The van der Waals surface area contributed by atoms with Crippen molar-refractivity contribution in [3.05, 3.63) is 59.7 Å². The molecule has 4 rings (SSSR count). The van der Waals surface area contributed by atoms with Gasteiger partial charge in [-0.2, -0.15) is 0 Å². The third kappa shape index (κ3) is 6.09. The first-order chi connectivity index (χ1) is 15.6. The number of carbonyl (C=O) groups is 1. The molecule has 0 saturated carbocycles. The molecule has 32 heavy (non-hydrogen) atoms. The summed E-state index contributed by atoms with van der Waals surface area (Å²) in [6.45, 7) is 6.36. The number of nitrogens with one attached hydrogen (secondary N) is 3. The average molecular weight is 437 g/mol. The number of nitrogens with zero attached hydrogens (tertiary/aromatic N) is 1. The molecule has 2 saturated heterocycles. The predicted molar refractivity (Wildman–Crippen MR) is 129 cm³/mol. The Morgan fingerprint density at radius 2 is 1.94 bits per heavy atom. The summed E-state index contributed by atoms with van der Waals surface area (Å²) in [5, 5.41) is 3.04. The van der Waals surface area contributed by atoms with Gasteiger partial charge in [0.1, 0.15) is 5.75 Å². The van der Waals surface area contributed by atoms with E-state index in [1.165, 1.54) is 18.4 Å². The van der Waals surface area contributed by atoms with Gasteiger partial charge in [-0.05, 0) is 80.6 Å². The van der Waals surface area contributed by atoms with E-state index in [4.69, 9.17) is 4.74 Å². The zero-order valence-electron chi connectivity index (χ0n) is 19.3. The van der Waals surface area contributed by atoms with Crippen LogP contribution in [0.4, 0.5) is 5.69 Å². The quantitative estimate of drug-likeness (QED) is 0.586. The zero-order valence-corrected chi connectivity index (χ0v) is 19.3. The van der Waals surface area contributed by atoms with E-state index in [0.29, 0.717) is 24.3 Å². The number of anilines is 1. The maximum atomic E-state index is 12.3. The van der Waals surface area contributed by atoms with Crippen molar-refractivity contribution in [3.63, 3.8) is 0 Å². The van der Waals surface area contributed by atoms with Crippen LogP contribution in [0.15, 0.2) is 48.5 Å². The van der Waals surface area contributed by atoms with Crippen molar-refractivity contribution < 1.29 is 9.53 Å². The second-order valence-corrected chi connectivity index (χ2v) is 9.24. The molecule has 2 heterocycles. The highest BCUT2D eigenvalue weighted by atomic mass is 16.5. The molecule has 0 aliphatic carbocycles. The highest BCUT2D eigenvalue weighted by Gasteiger charge is 2.31. The number of hydrazine groups is 1. The van der Waals surface area contributed by atoms with Crippen molar-refractivity contribution in [1.82, 2.24) is 15.8 Å². The van der Waals surface area contributed by atoms with Crippen LogP contribution < -0.4 is 20.9 Å². The van der Waals surface area contributed by atoms with E-state index >= 15 is 0 Å². The topological polar surface area (TPSA) is 65.6 Å². The van der Waals surface area contributed by atoms with E-state index in [1.54, 1.807) is 7.11 Å². The summed E-state index contributed by atoms with van der Waals surface area (Å²) in [5.74, 6) is 2.21. The third-order valence-corrected chi connectivity index (χ3v) is 6.85. The van der Waals surface area contributed by atoms with Crippen LogP contribution in [0.3, 0.4) is 0 Å². The van der Waals surface area contributed by atoms with Gasteiger partial charge < -0.3 is 15.0 Å². The number of benzene rings is 2. The highest BCUT2D eigenvalue weighted by molar-refractivity contribution is 5.90. The number of piperidine rings is 1. The van der Waals surface area contributed by atoms with E-state index < -0.39 is 0 Å². The van der Waals surface area contributed by atoms with E-state index in [1.807, 2.05) is 43.3 Å². The molecule has 0 aromatic heterocycles. The maximum absolute atomic E-state index is 12.3. The van der Waals surface area contributed by atoms with Gasteiger partial charge in [0.25, 0.3) is 0 Å². The molecule has 0 bridgehead atoms. The highest BCUT2D eigenvalue weighted by Crippen LogP contribution is 2.29. The summed E-state index contributed by atoms with van der Waals surface area (Å²) in [6.07, 6.45) is 3.94. The minimum atomic E-state index is 0.128. The summed E-state index contributed by atoms with van der Waals surface area (Å²) in [7, 11) is 1.70. The van der Waals surface area contributed by atoms with E-state index in [9.17, 15) is 4.79 Å². The fourth-order valence-electron chi connectivity index (χ4n) is 4.94. The number of ether oxygens (including phenoxy) is 1. The lowest BCUT2D eigenvalue weighted by Gasteiger charge is -2.34. The molecule has 6 nitrogen and oxygen atoms in total. The van der Waals surface area contributed by atoms with Gasteiger partial charge in [-0.3, -0.25) is 10.2 Å². The summed E-state index contributed by atoms with van der Waals surface area (Å²) >= 11 is 0. The molecule has 2 aromatic rings. The van der Waals surface area contributed by atoms with Gasteiger partial charge in [0, 0.05) is 31.1 Å². The molecule has 2 fully saturated rings. The lowest BCUT2D eigenvalue weighted by Crippen LogP contribution is -2.39. The number of rotatable bonds is 8. The van der Waals surface area contributed by atoms with E-state index in [-0.39, 0.29) is 5.91 Å². The second kappa shape index (κ2) is 10.9. The van der Waals surface area contributed by atoms with Gasteiger partial charge >= 0.3 is 0 Å². The Morgan fingerprint density at radius 1 is 1.16 bits per heavy atom. The molecular weight excluding hydrogens is 400 g/mol. The number of aryl methyl sites for hydroxylation is 1. The van der Waals surface area contributed by atoms with Crippen LogP contribution in [0.5, 0.6) is 5.75 Å². The Bertz CT molecular complexity index is 878. The third-order valence-electron chi connectivity index (χ3n) is 6.85. The first-order valence-corrected chi connectivity index (χ1v) is 11.8.